The first-order chi connectivity index (χ1) is 18.0. The lowest BCUT2D eigenvalue weighted by Crippen LogP contribution is -2.34. The van der Waals surface area contributed by atoms with Crippen LogP contribution < -0.4 is 11.2 Å². The maximum atomic E-state index is 12.7. The molecular formula is C27H24N2O8. The molecule has 0 aliphatic carbocycles. The molecule has 37 heavy (non-hydrogen) atoms. The van der Waals surface area contributed by atoms with E-state index < -0.39 is 41.6 Å². The number of hydrogen-bond acceptors (Lipinski definition) is 8. The van der Waals surface area contributed by atoms with Crippen LogP contribution in [0.4, 0.5) is 0 Å². The number of aromatic nitrogens is 2. The molecule has 0 saturated carbocycles. The van der Waals surface area contributed by atoms with Crippen LogP contribution in [0.15, 0.2) is 76.4 Å². The van der Waals surface area contributed by atoms with E-state index in [0.29, 0.717) is 11.1 Å². The molecule has 2 aromatic carbocycles. The third kappa shape index (κ3) is 6.41. The minimum absolute atomic E-state index is 0.0389. The Balaban J connectivity index is 1.56. The number of esters is 2. The fourth-order valence-corrected chi connectivity index (χ4v) is 3.73. The molecule has 0 spiro atoms. The molecule has 1 aliphatic heterocycles. The van der Waals surface area contributed by atoms with Gasteiger partial charge in [0.15, 0.2) is 0 Å². The second-order valence-corrected chi connectivity index (χ2v) is 8.08. The van der Waals surface area contributed by atoms with Gasteiger partial charge in [-0.05, 0) is 24.3 Å². The number of aromatic amines is 1. The van der Waals surface area contributed by atoms with Crippen molar-refractivity contribution < 1.29 is 28.5 Å². The summed E-state index contributed by atoms with van der Waals surface area (Å²) >= 11 is 0. The predicted octanol–water partition coefficient (Wildman–Crippen LogP) is 1.90. The predicted molar refractivity (Wildman–Crippen MR) is 131 cm³/mol. The summed E-state index contributed by atoms with van der Waals surface area (Å²) in [5.74, 6) is 4.15. The first-order valence-corrected chi connectivity index (χ1v) is 11.4. The molecule has 3 aromatic rings. The van der Waals surface area contributed by atoms with E-state index in [1.54, 1.807) is 60.7 Å². The Labute approximate surface area is 211 Å². The minimum atomic E-state index is -0.915. The first kappa shape index (κ1) is 25.6. The number of ether oxygens (including phenoxy) is 4. The second kappa shape index (κ2) is 12.0. The van der Waals surface area contributed by atoms with Crippen LogP contribution in [-0.4, -0.2) is 54.0 Å². The lowest BCUT2D eigenvalue weighted by atomic mass is 10.1. The van der Waals surface area contributed by atoms with Gasteiger partial charge >= 0.3 is 17.6 Å². The van der Waals surface area contributed by atoms with E-state index >= 15 is 0 Å². The monoisotopic (exact) mass is 504 g/mol. The summed E-state index contributed by atoms with van der Waals surface area (Å²) in [6.45, 7) is -0.125. The number of methoxy groups -OCH3 is 1. The molecule has 0 amide bonds. The van der Waals surface area contributed by atoms with Gasteiger partial charge in [-0.1, -0.05) is 48.2 Å². The summed E-state index contributed by atoms with van der Waals surface area (Å²) in [6.07, 6.45) is -1.27. The molecular weight excluding hydrogens is 480 g/mol. The van der Waals surface area contributed by atoms with Gasteiger partial charge in [0.25, 0.3) is 5.56 Å². The Morgan fingerprint density at radius 3 is 2.32 bits per heavy atom. The zero-order valence-electron chi connectivity index (χ0n) is 19.9. The van der Waals surface area contributed by atoms with E-state index in [1.807, 2.05) is 0 Å². The van der Waals surface area contributed by atoms with Gasteiger partial charge in [-0.15, -0.1) is 0 Å². The molecule has 1 aliphatic rings. The first-order valence-electron chi connectivity index (χ1n) is 11.4. The van der Waals surface area contributed by atoms with Crippen molar-refractivity contribution in [1.82, 2.24) is 9.55 Å². The SMILES string of the molecule is COCC#Cc1cn([C@H]2C[C@H](OC(=O)c3ccccc3)[C@@H](COC(=O)c3ccccc3)O2)c(=O)[nH]c1=O. The fourth-order valence-electron chi connectivity index (χ4n) is 3.73. The van der Waals surface area contributed by atoms with Gasteiger partial charge in [0.05, 0.1) is 11.1 Å². The molecule has 1 saturated heterocycles. The van der Waals surface area contributed by atoms with E-state index in [2.05, 4.69) is 16.8 Å². The van der Waals surface area contributed by atoms with Crippen LogP contribution in [0.3, 0.4) is 0 Å². The third-order valence-electron chi connectivity index (χ3n) is 5.55. The zero-order chi connectivity index (χ0) is 26.2. The van der Waals surface area contributed by atoms with Crippen LogP contribution in [0, 0.1) is 11.8 Å². The van der Waals surface area contributed by atoms with Crippen LogP contribution in [-0.2, 0) is 18.9 Å². The fraction of sp³-hybridized carbons (Fsp3) is 0.259. The highest BCUT2D eigenvalue weighted by Gasteiger charge is 2.40. The molecule has 0 unspecified atom stereocenters. The normalized spacial score (nSPS) is 18.5. The lowest BCUT2D eigenvalue weighted by molar-refractivity contribution is -0.0582. The number of carbonyl (C=O) groups excluding carboxylic acids is 2. The van der Waals surface area contributed by atoms with Crippen LogP contribution in [0.25, 0.3) is 0 Å². The second-order valence-electron chi connectivity index (χ2n) is 8.08. The summed E-state index contributed by atoms with van der Waals surface area (Å²) in [4.78, 5) is 52.1. The van der Waals surface area contributed by atoms with Gasteiger partial charge in [0.2, 0.25) is 0 Å². The van der Waals surface area contributed by atoms with E-state index in [-0.39, 0.29) is 25.2 Å². The molecule has 0 radical (unpaired) electrons. The number of carbonyl (C=O) groups is 2. The van der Waals surface area contributed by atoms with Crippen LogP contribution in [0.5, 0.6) is 0 Å². The number of H-pyrrole nitrogens is 1. The molecule has 10 nitrogen and oxygen atoms in total. The standard InChI is InChI=1S/C27H24N2O8/c1-34-14-8-13-20-16-29(27(33)28-24(20)30)23-15-21(37-26(32)19-11-6-3-7-12-19)22(36-23)17-35-25(31)18-9-4-2-5-10-18/h2-7,9-12,16,21-23H,14-15,17H2,1H3,(H,28,30,33)/t21-,22+,23+/m0/s1. The Morgan fingerprint density at radius 2 is 1.68 bits per heavy atom. The summed E-state index contributed by atoms with van der Waals surface area (Å²) in [5, 5.41) is 0. The van der Waals surface area contributed by atoms with Crippen molar-refractivity contribution in [2.24, 2.45) is 0 Å². The summed E-state index contributed by atoms with van der Waals surface area (Å²) in [5.41, 5.74) is -0.642. The topological polar surface area (TPSA) is 126 Å². The molecule has 1 N–H and O–H groups in total. The van der Waals surface area contributed by atoms with Crippen molar-refractivity contribution in [3.05, 3.63) is 104 Å². The third-order valence-corrected chi connectivity index (χ3v) is 5.55. The van der Waals surface area contributed by atoms with Crippen molar-refractivity contribution in [2.75, 3.05) is 20.3 Å². The highest BCUT2D eigenvalue weighted by molar-refractivity contribution is 5.90. The van der Waals surface area contributed by atoms with Crippen LogP contribution >= 0.6 is 0 Å². The molecule has 0 bridgehead atoms. The van der Waals surface area contributed by atoms with Gasteiger partial charge in [0, 0.05) is 19.7 Å². The van der Waals surface area contributed by atoms with Crippen LogP contribution in [0.1, 0.15) is 38.9 Å². The van der Waals surface area contributed by atoms with Crippen molar-refractivity contribution in [3.63, 3.8) is 0 Å². The average molecular weight is 504 g/mol. The molecule has 1 fully saturated rings. The van der Waals surface area contributed by atoms with Crippen molar-refractivity contribution >= 4 is 11.9 Å². The smallest absolute Gasteiger partial charge is 0.338 e. The zero-order valence-corrected chi connectivity index (χ0v) is 19.9. The lowest BCUT2D eigenvalue weighted by Gasteiger charge is -2.19. The Kier molecular flexibility index (Phi) is 8.30. The van der Waals surface area contributed by atoms with Crippen molar-refractivity contribution in [2.45, 2.75) is 24.9 Å². The van der Waals surface area contributed by atoms with E-state index in [4.69, 9.17) is 18.9 Å². The largest absolute Gasteiger partial charge is 0.459 e. The molecule has 10 heteroatoms. The molecule has 3 atom stereocenters. The maximum Gasteiger partial charge on any atom is 0.338 e. The minimum Gasteiger partial charge on any atom is -0.459 e. The molecule has 2 heterocycles. The van der Waals surface area contributed by atoms with Crippen LogP contribution in [0.2, 0.25) is 0 Å². The Morgan fingerprint density at radius 1 is 1.03 bits per heavy atom. The maximum absolute atomic E-state index is 12.7. The Hall–Kier alpha value is -4.46. The highest BCUT2D eigenvalue weighted by atomic mass is 16.6. The Bertz CT molecular complexity index is 1420. The van der Waals surface area contributed by atoms with Crippen molar-refractivity contribution in [3.8, 4) is 11.8 Å². The van der Waals surface area contributed by atoms with Gasteiger partial charge < -0.3 is 18.9 Å². The van der Waals surface area contributed by atoms with E-state index in [9.17, 15) is 19.2 Å². The number of nitrogens with one attached hydrogen (secondary N) is 1. The molecule has 1 aromatic heterocycles. The molecule has 190 valence electrons. The highest BCUT2D eigenvalue weighted by Crippen LogP contribution is 2.31. The summed E-state index contributed by atoms with van der Waals surface area (Å²) in [7, 11) is 1.47. The average Bonchev–Trinajstić information content (AvgIpc) is 3.31. The summed E-state index contributed by atoms with van der Waals surface area (Å²) < 4.78 is 23.1. The molecule has 4 rings (SSSR count). The van der Waals surface area contributed by atoms with Gasteiger partial charge in [0.1, 0.15) is 37.2 Å². The van der Waals surface area contributed by atoms with E-state index in [0.717, 1.165) is 0 Å². The van der Waals surface area contributed by atoms with Gasteiger partial charge in [-0.25, -0.2) is 14.4 Å². The quantitative estimate of drug-likeness (QED) is 0.382. The van der Waals surface area contributed by atoms with Gasteiger partial charge in [-0.3, -0.25) is 14.3 Å². The van der Waals surface area contributed by atoms with E-state index in [1.165, 1.54) is 17.9 Å². The number of rotatable bonds is 7. The van der Waals surface area contributed by atoms with Gasteiger partial charge in [-0.2, -0.15) is 0 Å². The summed E-state index contributed by atoms with van der Waals surface area (Å²) in [6, 6.07) is 16.8. The number of nitrogens with zero attached hydrogens (tertiary/aromatic N) is 1. The van der Waals surface area contributed by atoms with Crippen molar-refractivity contribution in [1.29, 1.82) is 0 Å². The number of hydrogen-bond donors (Lipinski definition) is 1. The number of benzene rings is 2.